The van der Waals surface area contributed by atoms with Crippen LogP contribution in [0.25, 0.3) is 0 Å². The Morgan fingerprint density at radius 3 is 2.54 bits per heavy atom. The van der Waals surface area contributed by atoms with Gasteiger partial charge in [-0.05, 0) is 5.92 Å². The van der Waals surface area contributed by atoms with Crippen LogP contribution < -0.4 is 16.4 Å². The predicted octanol–water partition coefficient (Wildman–Crippen LogP) is -0.707. The Kier molecular flexibility index (Phi) is 5.67. The van der Waals surface area contributed by atoms with E-state index in [1.807, 2.05) is 13.8 Å². The molecule has 0 spiro atoms. The summed E-state index contributed by atoms with van der Waals surface area (Å²) in [7, 11) is 1.56. The molecule has 0 fully saturated rings. The molecule has 76 valence electrons. The third-order valence-electron chi connectivity index (χ3n) is 1.38. The minimum Gasteiger partial charge on any atom is -0.370 e. The van der Waals surface area contributed by atoms with Crippen molar-refractivity contribution in [1.29, 1.82) is 0 Å². The van der Waals surface area contributed by atoms with Gasteiger partial charge in [-0.1, -0.05) is 13.8 Å². The first kappa shape index (κ1) is 11.7. The highest BCUT2D eigenvalue weighted by Crippen LogP contribution is 1.85. The highest BCUT2D eigenvalue weighted by Gasteiger charge is 2.01. The van der Waals surface area contributed by atoms with Crippen LogP contribution in [-0.2, 0) is 4.79 Å². The second-order valence-electron chi connectivity index (χ2n) is 3.16. The van der Waals surface area contributed by atoms with E-state index in [9.17, 15) is 4.79 Å². The van der Waals surface area contributed by atoms with Crippen molar-refractivity contribution in [3.8, 4) is 0 Å². The Labute approximate surface area is 78.8 Å². The average molecular weight is 186 g/mol. The fourth-order valence-corrected chi connectivity index (χ4v) is 0.630. The zero-order valence-corrected chi connectivity index (χ0v) is 8.42. The van der Waals surface area contributed by atoms with Crippen LogP contribution in [0.2, 0.25) is 0 Å². The van der Waals surface area contributed by atoms with Crippen LogP contribution in [0.3, 0.4) is 0 Å². The number of nitrogens with one attached hydrogen (secondary N) is 2. The van der Waals surface area contributed by atoms with E-state index in [4.69, 9.17) is 5.73 Å². The molecule has 0 atom stereocenters. The molecule has 5 heteroatoms. The number of carbonyl (C=O) groups is 1. The van der Waals surface area contributed by atoms with Crippen molar-refractivity contribution in [3.63, 3.8) is 0 Å². The van der Waals surface area contributed by atoms with Crippen molar-refractivity contribution >= 4 is 11.9 Å². The Morgan fingerprint density at radius 2 is 2.08 bits per heavy atom. The van der Waals surface area contributed by atoms with Crippen molar-refractivity contribution < 1.29 is 4.79 Å². The van der Waals surface area contributed by atoms with Gasteiger partial charge in [0.25, 0.3) is 0 Å². The van der Waals surface area contributed by atoms with Gasteiger partial charge in [-0.15, -0.1) is 0 Å². The lowest BCUT2D eigenvalue weighted by molar-refractivity contribution is -0.120. The number of aliphatic imine (C=N–C) groups is 1. The summed E-state index contributed by atoms with van der Waals surface area (Å²) in [4.78, 5) is 14.7. The van der Waals surface area contributed by atoms with E-state index in [0.717, 1.165) is 0 Å². The number of carbonyl (C=O) groups excluding carboxylic acids is 1. The van der Waals surface area contributed by atoms with Crippen molar-refractivity contribution in [2.75, 3.05) is 20.1 Å². The first-order valence-electron chi connectivity index (χ1n) is 4.29. The van der Waals surface area contributed by atoms with Crippen LogP contribution in [0.4, 0.5) is 0 Å². The summed E-state index contributed by atoms with van der Waals surface area (Å²) in [6.07, 6.45) is 0. The summed E-state index contributed by atoms with van der Waals surface area (Å²) in [5, 5.41) is 5.42. The molecular formula is C8H18N4O. The fraction of sp³-hybridized carbons (Fsp3) is 0.750. The Hall–Kier alpha value is -1.26. The predicted molar refractivity (Wildman–Crippen MR) is 53.4 cm³/mol. The van der Waals surface area contributed by atoms with E-state index >= 15 is 0 Å². The molecule has 0 aliphatic heterocycles. The molecule has 4 N–H and O–H groups in total. The molecule has 0 aliphatic carbocycles. The largest absolute Gasteiger partial charge is 0.370 e. The van der Waals surface area contributed by atoms with Gasteiger partial charge >= 0.3 is 0 Å². The minimum atomic E-state index is -0.0692. The van der Waals surface area contributed by atoms with Gasteiger partial charge in [0.15, 0.2) is 5.96 Å². The molecule has 0 aromatic rings. The van der Waals surface area contributed by atoms with Crippen LogP contribution in [0.15, 0.2) is 4.99 Å². The van der Waals surface area contributed by atoms with E-state index in [-0.39, 0.29) is 18.4 Å². The molecule has 13 heavy (non-hydrogen) atoms. The molecule has 1 amide bonds. The molecule has 0 aliphatic rings. The van der Waals surface area contributed by atoms with E-state index < -0.39 is 0 Å². The molecule has 0 unspecified atom stereocenters. The van der Waals surface area contributed by atoms with Gasteiger partial charge in [0.05, 0.1) is 6.54 Å². The SMILES string of the molecule is CN=C(N)NCC(=O)NCC(C)C. The van der Waals surface area contributed by atoms with E-state index in [0.29, 0.717) is 12.5 Å². The lowest BCUT2D eigenvalue weighted by atomic mass is 10.2. The van der Waals surface area contributed by atoms with E-state index in [1.165, 1.54) is 0 Å². The zero-order valence-electron chi connectivity index (χ0n) is 8.42. The first-order valence-corrected chi connectivity index (χ1v) is 4.29. The van der Waals surface area contributed by atoms with Gasteiger partial charge in [-0.25, -0.2) is 0 Å². The van der Waals surface area contributed by atoms with Crippen molar-refractivity contribution in [1.82, 2.24) is 10.6 Å². The number of rotatable bonds is 4. The average Bonchev–Trinajstić information content (AvgIpc) is 2.10. The number of hydrogen-bond acceptors (Lipinski definition) is 2. The maximum atomic E-state index is 11.1. The summed E-state index contributed by atoms with van der Waals surface area (Å²) in [5.41, 5.74) is 5.34. The molecular weight excluding hydrogens is 168 g/mol. The maximum Gasteiger partial charge on any atom is 0.239 e. The Morgan fingerprint density at radius 1 is 1.46 bits per heavy atom. The third kappa shape index (κ3) is 7.11. The van der Waals surface area contributed by atoms with Gasteiger partial charge in [0, 0.05) is 13.6 Å². The van der Waals surface area contributed by atoms with Crippen LogP contribution in [0, 0.1) is 5.92 Å². The number of guanidine groups is 1. The summed E-state index contributed by atoms with van der Waals surface area (Å²) < 4.78 is 0. The first-order chi connectivity index (χ1) is 6.06. The third-order valence-corrected chi connectivity index (χ3v) is 1.38. The van der Waals surface area contributed by atoms with Gasteiger partial charge in [-0.2, -0.15) is 0 Å². The zero-order chi connectivity index (χ0) is 10.3. The molecule has 0 aromatic carbocycles. The monoisotopic (exact) mass is 186 g/mol. The minimum absolute atomic E-state index is 0.0692. The summed E-state index contributed by atoms with van der Waals surface area (Å²) in [6, 6.07) is 0. The molecule has 5 nitrogen and oxygen atoms in total. The molecule has 0 heterocycles. The van der Waals surface area contributed by atoms with E-state index in [2.05, 4.69) is 15.6 Å². The number of amides is 1. The normalized spacial score (nSPS) is 11.5. The summed E-state index contributed by atoms with van der Waals surface area (Å²) >= 11 is 0. The second-order valence-corrected chi connectivity index (χ2v) is 3.16. The maximum absolute atomic E-state index is 11.1. The molecule has 0 bridgehead atoms. The second kappa shape index (κ2) is 6.28. The lowest BCUT2D eigenvalue weighted by Gasteiger charge is -2.08. The highest BCUT2D eigenvalue weighted by molar-refractivity contribution is 5.85. The quantitative estimate of drug-likeness (QED) is 0.401. The van der Waals surface area contributed by atoms with Crippen LogP contribution in [0.1, 0.15) is 13.8 Å². The molecule has 0 saturated heterocycles. The standard InChI is InChI=1S/C8H18N4O/c1-6(2)4-11-7(13)5-12-8(9)10-3/h6H,4-5H2,1-3H3,(H,11,13)(H3,9,10,12). The van der Waals surface area contributed by atoms with Gasteiger partial charge in [0.1, 0.15) is 0 Å². The topological polar surface area (TPSA) is 79.5 Å². The molecule has 0 radical (unpaired) electrons. The molecule has 0 aromatic heterocycles. The fourth-order valence-electron chi connectivity index (χ4n) is 0.630. The molecule has 0 saturated carbocycles. The van der Waals surface area contributed by atoms with Crippen LogP contribution in [0.5, 0.6) is 0 Å². The smallest absolute Gasteiger partial charge is 0.239 e. The Bertz CT molecular complexity index is 189. The number of nitrogens with two attached hydrogens (primary N) is 1. The summed E-state index contributed by atoms with van der Waals surface area (Å²) in [6.45, 7) is 4.94. The highest BCUT2D eigenvalue weighted by atomic mass is 16.1. The Balaban J connectivity index is 3.52. The van der Waals surface area contributed by atoms with E-state index in [1.54, 1.807) is 7.05 Å². The van der Waals surface area contributed by atoms with Gasteiger partial charge in [0.2, 0.25) is 5.91 Å². The van der Waals surface area contributed by atoms with Gasteiger partial charge in [-0.3, -0.25) is 9.79 Å². The van der Waals surface area contributed by atoms with Crippen molar-refractivity contribution in [3.05, 3.63) is 0 Å². The lowest BCUT2D eigenvalue weighted by Crippen LogP contribution is -2.41. The van der Waals surface area contributed by atoms with Gasteiger partial charge < -0.3 is 16.4 Å². The summed E-state index contributed by atoms with van der Waals surface area (Å²) in [5.74, 6) is 0.668. The van der Waals surface area contributed by atoms with Crippen LogP contribution >= 0.6 is 0 Å². The van der Waals surface area contributed by atoms with Crippen molar-refractivity contribution in [2.45, 2.75) is 13.8 Å². The van der Waals surface area contributed by atoms with Crippen molar-refractivity contribution in [2.24, 2.45) is 16.6 Å². The van der Waals surface area contributed by atoms with Crippen LogP contribution in [-0.4, -0.2) is 32.0 Å². The number of hydrogen-bond donors (Lipinski definition) is 3. The molecule has 0 rings (SSSR count). The number of nitrogens with zero attached hydrogens (tertiary/aromatic N) is 1.